The molecule has 1 unspecified atom stereocenters. The zero-order chi connectivity index (χ0) is 33.2. The van der Waals surface area contributed by atoms with Gasteiger partial charge in [0.15, 0.2) is 5.78 Å². The Labute approximate surface area is 288 Å². The van der Waals surface area contributed by atoms with Crippen LogP contribution in [0.15, 0.2) is 104 Å². The van der Waals surface area contributed by atoms with Gasteiger partial charge in [0.1, 0.15) is 0 Å². The zero-order valence-electron chi connectivity index (χ0n) is 25.5. The number of hydrogen-bond acceptors (Lipinski definition) is 6. The van der Waals surface area contributed by atoms with Gasteiger partial charge in [0, 0.05) is 40.2 Å². The number of carbonyl (C=O) groups is 1. The maximum absolute atomic E-state index is 12.9. The van der Waals surface area contributed by atoms with Crippen LogP contribution in [0.3, 0.4) is 0 Å². The maximum Gasteiger partial charge on any atom is 0.243 e. The molecule has 0 amide bonds. The molecule has 6 rings (SSSR count). The fourth-order valence-corrected chi connectivity index (χ4v) is 9.24. The molecule has 2 heterocycles. The quantitative estimate of drug-likeness (QED) is 0.264. The Bertz CT molecular complexity index is 1970. The second-order valence-corrected chi connectivity index (χ2v) is 17.2. The van der Waals surface area contributed by atoms with Crippen LogP contribution >= 0.6 is 31.9 Å². The summed E-state index contributed by atoms with van der Waals surface area (Å²) in [5, 5.41) is 0. The topological polar surface area (TPSA) is 118 Å². The van der Waals surface area contributed by atoms with Gasteiger partial charge in [-0.25, -0.2) is 16.8 Å². The molecule has 4 aromatic rings. The molecule has 0 bridgehead atoms. The number of benzene rings is 4. The monoisotopic (exact) mass is 787 g/mol. The molecule has 2 aliphatic heterocycles. The van der Waals surface area contributed by atoms with E-state index in [9.17, 15) is 21.6 Å². The first kappa shape index (κ1) is 34.6. The largest absolute Gasteiger partial charge is 0.323 e. The Morgan fingerprint density at radius 3 is 1.74 bits per heavy atom. The summed E-state index contributed by atoms with van der Waals surface area (Å²) in [6.45, 7) is 4.75. The normalized spacial score (nSPS) is 17.6. The van der Waals surface area contributed by atoms with Crippen LogP contribution in [0.25, 0.3) is 0 Å². The predicted octanol–water partition coefficient (Wildman–Crippen LogP) is 6.19. The summed E-state index contributed by atoms with van der Waals surface area (Å²) in [6, 6.07) is 24.7. The number of hydrogen-bond donors (Lipinski definition) is 1. The molecule has 2 aliphatic rings. The Balaban J connectivity index is 0.000000181. The molecule has 8 nitrogen and oxygen atoms in total. The van der Waals surface area contributed by atoms with Gasteiger partial charge >= 0.3 is 0 Å². The summed E-state index contributed by atoms with van der Waals surface area (Å²) in [6.07, 6.45) is 1.18. The third-order valence-electron chi connectivity index (χ3n) is 8.17. The van der Waals surface area contributed by atoms with Gasteiger partial charge in [0.2, 0.25) is 20.0 Å². The van der Waals surface area contributed by atoms with E-state index in [0.29, 0.717) is 42.9 Å². The third-order valence-corrected chi connectivity index (χ3v) is 12.9. The highest BCUT2D eigenvalue weighted by atomic mass is 79.9. The molecule has 46 heavy (non-hydrogen) atoms. The average Bonchev–Trinajstić information content (AvgIpc) is 3.29. The van der Waals surface area contributed by atoms with Gasteiger partial charge in [-0.05, 0) is 98.0 Å². The van der Waals surface area contributed by atoms with Crippen molar-refractivity contribution < 1.29 is 21.6 Å². The van der Waals surface area contributed by atoms with E-state index < -0.39 is 20.0 Å². The number of fused-ring (bicyclic) bond motifs is 2. The highest BCUT2D eigenvalue weighted by molar-refractivity contribution is 9.10. The van der Waals surface area contributed by atoms with Crippen molar-refractivity contribution in [3.05, 3.63) is 127 Å². The Morgan fingerprint density at radius 1 is 0.674 bits per heavy atom. The van der Waals surface area contributed by atoms with Gasteiger partial charge in [-0.3, -0.25) is 4.79 Å². The van der Waals surface area contributed by atoms with Crippen molar-refractivity contribution in [2.45, 2.75) is 42.5 Å². The molecular weight excluding hydrogens is 754 g/mol. The molecule has 0 saturated carbocycles. The minimum absolute atomic E-state index is 0.120. The molecular formula is C34H35Br2N3O5S2. The lowest BCUT2D eigenvalue weighted by Crippen LogP contribution is -2.36. The van der Waals surface area contributed by atoms with Gasteiger partial charge in [-0.1, -0.05) is 73.3 Å². The molecule has 0 fully saturated rings. The van der Waals surface area contributed by atoms with E-state index in [2.05, 4.69) is 31.9 Å². The van der Waals surface area contributed by atoms with Gasteiger partial charge in [0.05, 0.1) is 16.3 Å². The van der Waals surface area contributed by atoms with Gasteiger partial charge in [-0.2, -0.15) is 8.61 Å². The first-order valence-electron chi connectivity index (χ1n) is 14.7. The Morgan fingerprint density at radius 2 is 1.15 bits per heavy atom. The molecule has 1 atom stereocenters. The Kier molecular flexibility index (Phi) is 10.7. The van der Waals surface area contributed by atoms with Crippen molar-refractivity contribution in [3.8, 4) is 0 Å². The number of nitrogens with two attached hydrogens (primary N) is 1. The summed E-state index contributed by atoms with van der Waals surface area (Å²) in [5.41, 5.74) is 11.9. The Hall–Kier alpha value is -2.71. The van der Waals surface area contributed by atoms with Gasteiger partial charge < -0.3 is 5.73 Å². The molecule has 242 valence electrons. The van der Waals surface area contributed by atoms with Crippen LogP contribution in [0.1, 0.15) is 44.2 Å². The highest BCUT2D eigenvalue weighted by Gasteiger charge is 2.31. The summed E-state index contributed by atoms with van der Waals surface area (Å²) >= 11 is 6.85. The molecule has 2 N–H and O–H groups in total. The van der Waals surface area contributed by atoms with E-state index in [-0.39, 0.29) is 23.3 Å². The minimum atomic E-state index is -3.66. The number of halogens is 2. The lowest BCUT2D eigenvalue weighted by atomic mass is 10.0. The predicted molar refractivity (Wildman–Crippen MR) is 187 cm³/mol. The van der Waals surface area contributed by atoms with Crippen molar-refractivity contribution in [1.82, 2.24) is 8.61 Å². The van der Waals surface area contributed by atoms with Crippen LogP contribution in [-0.2, 0) is 32.9 Å². The fraction of sp³-hybridized carbons (Fsp3) is 0.265. The average molecular weight is 790 g/mol. The van der Waals surface area contributed by atoms with E-state index in [4.69, 9.17) is 5.73 Å². The molecule has 0 aromatic heterocycles. The van der Waals surface area contributed by atoms with Crippen molar-refractivity contribution in [1.29, 1.82) is 0 Å². The second-order valence-electron chi connectivity index (χ2n) is 11.5. The van der Waals surface area contributed by atoms with E-state index in [1.54, 1.807) is 48.5 Å². The summed E-state index contributed by atoms with van der Waals surface area (Å²) < 4.78 is 56.0. The van der Waals surface area contributed by atoms with Crippen molar-refractivity contribution in [3.63, 3.8) is 0 Å². The first-order chi connectivity index (χ1) is 21.8. The van der Waals surface area contributed by atoms with Crippen LogP contribution in [0.4, 0.5) is 0 Å². The highest BCUT2D eigenvalue weighted by Crippen LogP contribution is 2.29. The second kappa shape index (κ2) is 14.2. The minimum Gasteiger partial charge on any atom is -0.323 e. The molecule has 4 aromatic carbocycles. The molecule has 0 spiro atoms. The number of aryl methyl sites for hydroxylation is 2. The number of carbonyl (C=O) groups excluding carboxylic acids is 1. The van der Waals surface area contributed by atoms with E-state index in [1.165, 1.54) is 8.61 Å². The number of nitrogens with zero attached hydrogens (tertiary/aromatic N) is 2. The van der Waals surface area contributed by atoms with Crippen LogP contribution < -0.4 is 5.73 Å². The van der Waals surface area contributed by atoms with Crippen LogP contribution in [-0.4, -0.2) is 57.4 Å². The molecule has 0 saturated heterocycles. The maximum atomic E-state index is 12.9. The first-order valence-corrected chi connectivity index (χ1v) is 19.2. The summed E-state index contributed by atoms with van der Waals surface area (Å²) in [4.78, 5) is 13.0. The fourth-order valence-electron chi connectivity index (χ4n) is 5.56. The van der Waals surface area contributed by atoms with Crippen LogP contribution in [0.5, 0.6) is 0 Å². The van der Waals surface area contributed by atoms with E-state index >= 15 is 0 Å². The van der Waals surface area contributed by atoms with Crippen molar-refractivity contribution >= 4 is 57.7 Å². The lowest BCUT2D eigenvalue weighted by Gasteiger charge is -2.22. The summed E-state index contributed by atoms with van der Waals surface area (Å²) in [7, 11) is -7.18. The number of sulfonamides is 2. The molecule has 0 radical (unpaired) electrons. The van der Waals surface area contributed by atoms with Crippen molar-refractivity contribution in [2.75, 3.05) is 26.2 Å². The van der Waals surface area contributed by atoms with Crippen LogP contribution in [0, 0.1) is 13.8 Å². The zero-order valence-corrected chi connectivity index (χ0v) is 30.3. The number of Topliss-reactive ketones (excluding diaryl/α,β-unsaturated/α-hetero) is 1. The van der Waals surface area contributed by atoms with E-state index in [0.717, 1.165) is 36.8 Å². The molecule has 0 aliphatic carbocycles. The third kappa shape index (κ3) is 7.70. The van der Waals surface area contributed by atoms with Crippen LogP contribution in [0.2, 0.25) is 0 Å². The van der Waals surface area contributed by atoms with Gasteiger partial charge in [-0.15, -0.1) is 0 Å². The molecule has 12 heteroatoms. The van der Waals surface area contributed by atoms with Gasteiger partial charge in [0.25, 0.3) is 0 Å². The SMILES string of the molecule is Cc1ccc(S(=O)(=O)N2CCc3cc(Br)ccc3C(=O)C2)cc1.Cc1ccc(S(=O)(=O)N2CCc3cc(Br)ccc3C(N)C2)cc1. The smallest absolute Gasteiger partial charge is 0.243 e. The number of rotatable bonds is 4. The lowest BCUT2D eigenvalue weighted by molar-refractivity contribution is 0.0971. The summed E-state index contributed by atoms with van der Waals surface area (Å²) in [5.74, 6) is -0.166. The van der Waals surface area contributed by atoms with E-state index in [1.807, 2.05) is 50.2 Å². The number of ketones is 1. The van der Waals surface area contributed by atoms with Crippen molar-refractivity contribution in [2.24, 2.45) is 5.73 Å². The standard InChI is InChI=1S/C17H19BrN2O2S.C17H16BrNO3S/c1-12-2-5-15(6-3-12)23(21,22)20-9-8-13-10-14(18)4-7-16(13)17(19)11-20;1-12-2-5-15(6-3-12)23(21,22)19-9-8-13-10-14(18)4-7-16(13)17(20)11-19/h2-7,10,17H,8-9,11,19H2,1H3;2-7,10H,8-9,11H2,1H3.